The third-order valence-electron chi connectivity index (χ3n) is 5.19. The van der Waals surface area contributed by atoms with Crippen LogP contribution in [0.5, 0.6) is 0 Å². The van der Waals surface area contributed by atoms with Crippen molar-refractivity contribution in [3.05, 3.63) is 0 Å². The van der Waals surface area contributed by atoms with Crippen molar-refractivity contribution in [1.82, 2.24) is 9.80 Å². The fourth-order valence-electron chi connectivity index (χ4n) is 4.02. The Labute approximate surface area is 121 Å². The van der Waals surface area contributed by atoms with Crippen LogP contribution in [-0.2, 0) is 9.59 Å². The van der Waals surface area contributed by atoms with Crippen molar-refractivity contribution in [2.75, 3.05) is 19.6 Å². The molecular weight excluding hydrogens is 252 g/mol. The molecule has 2 saturated heterocycles. The maximum atomic E-state index is 12.4. The molecule has 4 nitrogen and oxygen atoms in total. The molecule has 0 aromatic rings. The fourth-order valence-corrected chi connectivity index (χ4v) is 4.02. The second-order valence-corrected chi connectivity index (χ2v) is 6.62. The van der Waals surface area contributed by atoms with E-state index in [9.17, 15) is 9.59 Å². The minimum Gasteiger partial charge on any atom is -0.342 e. The summed E-state index contributed by atoms with van der Waals surface area (Å²) in [4.78, 5) is 28.7. The number of hydrogen-bond acceptors (Lipinski definition) is 2. The summed E-state index contributed by atoms with van der Waals surface area (Å²) in [5.41, 5.74) is 0. The van der Waals surface area contributed by atoms with Gasteiger partial charge in [0.25, 0.3) is 0 Å². The monoisotopic (exact) mass is 278 g/mol. The van der Waals surface area contributed by atoms with Crippen LogP contribution in [0.25, 0.3) is 0 Å². The van der Waals surface area contributed by atoms with E-state index in [0.29, 0.717) is 19.0 Å². The molecule has 2 amide bonds. The van der Waals surface area contributed by atoms with Crippen LogP contribution >= 0.6 is 0 Å². The van der Waals surface area contributed by atoms with Gasteiger partial charge in [0.1, 0.15) is 0 Å². The van der Waals surface area contributed by atoms with Gasteiger partial charge in [-0.3, -0.25) is 9.59 Å². The van der Waals surface area contributed by atoms with E-state index in [0.717, 1.165) is 38.8 Å². The van der Waals surface area contributed by atoms with Crippen molar-refractivity contribution < 1.29 is 9.59 Å². The Kier molecular flexibility index (Phi) is 4.27. The van der Waals surface area contributed by atoms with Crippen LogP contribution in [-0.4, -0.2) is 47.3 Å². The number of amides is 2. The molecule has 0 aromatic carbocycles. The first-order valence-corrected chi connectivity index (χ1v) is 8.34. The average Bonchev–Trinajstić information content (AvgIpc) is 3.02. The summed E-state index contributed by atoms with van der Waals surface area (Å²) in [5.74, 6) is 0.380. The van der Waals surface area contributed by atoms with Gasteiger partial charge in [-0.05, 0) is 25.7 Å². The van der Waals surface area contributed by atoms with Gasteiger partial charge in [-0.25, -0.2) is 0 Å². The van der Waals surface area contributed by atoms with Crippen molar-refractivity contribution in [3.8, 4) is 0 Å². The number of rotatable bonds is 2. The lowest BCUT2D eigenvalue weighted by atomic mass is 10.1. The first kappa shape index (κ1) is 13.9. The van der Waals surface area contributed by atoms with Crippen LogP contribution in [0, 0.1) is 5.92 Å². The van der Waals surface area contributed by atoms with E-state index < -0.39 is 0 Å². The number of nitrogens with zero attached hydrogens (tertiary/aromatic N) is 2. The van der Waals surface area contributed by atoms with E-state index in [4.69, 9.17) is 0 Å². The molecular formula is C16H26N2O2. The highest BCUT2D eigenvalue weighted by atomic mass is 16.2. The quantitative estimate of drug-likeness (QED) is 0.726. The third kappa shape index (κ3) is 2.84. The minimum atomic E-state index is -0.0659. The molecule has 1 unspecified atom stereocenters. The fraction of sp³-hybridized carbons (Fsp3) is 0.875. The van der Waals surface area contributed by atoms with Gasteiger partial charge in [0.2, 0.25) is 11.8 Å². The van der Waals surface area contributed by atoms with Crippen LogP contribution in [0.15, 0.2) is 0 Å². The van der Waals surface area contributed by atoms with E-state index in [1.807, 2.05) is 9.80 Å². The Morgan fingerprint density at radius 2 is 1.60 bits per heavy atom. The van der Waals surface area contributed by atoms with Crippen LogP contribution in [0.4, 0.5) is 0 Å². The zero-order chi connectivity index (χ0) is 13.9. The summed E-state index contributed by atoms with van der Waals surface area (Å²) < 4.78 is 0. The Bertz CT molecular complexity index is 369. The van der Waals surface area contributed by atoms with Crippen molar-refractivity contribution in [3.63, 3.8) is 0 Å². The predicted molar refractivity (Wildman–Crippen MR) is 77.1 cm³/mol. The highest BCUT2D eigenvalue weighted by molar-refractivity contribution is 5.89. The highest BCUT2D eigenvalue weighted by Crippen LogP contribution is 2.29. The molecule has 4 heteroatoms. The number of carbonyl (C=O) groups excluding carboxylic acids is 2. The summed E-state index contributed by atoms with van der Waals surface area (Å²) in [7, 11) is 0. The van der Waals surface area contributed by atoms with Crippen LogP contribution < -0.4 is 0 Å². The first-order valence-electron chi connectivity index (χ1n) is 8.34. The number of likely N-dealkylation sites (tertiary alicyclic amines) is 2. The molecule has 3 rings (SSSR count). The van der Waals surface area contributed by atoms with Crippen LogP contribution in [0.3, 0.4) is 0 Å². The van der Waals surface area contributed by atoms with E-state index in [2.05, 4.69) is 0 Å². The molecule has 0 aromatic heterocycles. The number of hydrogen-bond donors (Lipinski definition) is 0. The number of carbonyl (C=O) groups is 2. The van der Waals surface area contributed by atoms with Crippen molar-refractivity contribution in [2.24, 2.45) is 5.92 Å². The van der Waals surface area contributed by atoms with E-state index >= 15 is 0 Å². The molecule has 0 spiro atoms. The van der Waals surface area contributed by atoms with Gasteiger partial charge < -0.3 is 9.80 Å². The first-order chi connectivity index (χ1) is 9.75. The van der Waals surface area contributed by atoms with Gasteiger partial charge in [-0.1, -0.05) is 25.7 Å². The molecule has 0 N–H and O–H groups in total. The molecule has 1 atom stereocenters. The SMILES string of the molecule is O=C(C1CC(=O)N(C2CCCCCC2)C1)N1CCCC1. The molecule has 0 radical (unpaired) electrons. The van der Waals surface area contributed by atoms with E-state index in [1.165, 1.54) is 25.7 Å². The molecule has 3 fully saturated rings. The molecule has 0 bridgehead atoms. The minimum absolute atomic E-state index is 0.0659. The lowest BCUT2D eigenvalue weighted by Crippen LogP contribution is -2.38. The topological polar surface area (TPSA) is 40.6 Å². The largest absolute Gasteiger partial charge is 0.342 e. The Morgan fingerprint density at radius 3 is 2.25 bits per heavy atom. The highest BCUT2D eigenvalue weighted by Gasteiger charge is 2.39. The maximum Gasteiger partial charge on any atom is 0.227 e. The smallest absolute Gasteiger partial charge is 0.227 e. The zero-order valence-corrected chi connectivity index (χ0v) is 12.4. The summed E-state index contributed by atoms with van der Waals surface area (Å²) >= 11 is 0. The average molecular weight is 278 g/mol. The van der Waals surface area contributed by atoms with Gasteiger partial charge in [0.15, 0.2) is 0 Å². The summed E-state index contributed by atoms with van der Waals surface area (Å²) in [6.45, 7) is 2.47. The molecule has 112 valence electrons. The van der Waals surface area contributed by atoms with Gasteiger partial charge >= 0.3 is 0 Å². The van der Waals surface area contributed by atoms with Crippen molar-refractivity contribution in [1.29, 1.82) is 0 Å². The van der Waals surface area contributed by atoms with Gasteiger partial charge in [0, 0.05) is 32.1 Å². The standard InChI is InChI=1S/C16H26N2O2/c19-15-11-13(16(20)17-9-5-6-10-17)12-18(15)14-7-3-1-2-4-8-14/h13-14H,1-12H2. The predicted octanol–water partition coefficient (Wildman–Crippen LogP) is 2.18. The maximum absolute atomic E-state index is 12.4. The van der Waals surface area contributed by atoms with Crippen LogP contribution in [0.2, 0.25) is 0 Å². The summed E-state index contributed by atoms with van der Waals surface area (Å²) in [6.07, 6.45) is 10.0. The van der Waals surface area contributed by atoms with E-state index in [1.54, 1.807) is 0 Å². The van der Waals surface area contributed by atoms with Crippen molar-refractivity contribution >= 4 is 11.8 Å². The lowest BCUT2D eigenvalue weighted by Gasteiger charge is -2.27. The third-order valence-corrected chi connectivity index (χ3v) is 5.19. The molecule has 1 saturated carbocycles. The van der Waals surface area contributed by atoms with Gasteiger partial charge in [-0.15, -0.1) is 0 Å². The second-order valence-electron chi connectivity index (χ2n) is 6.62. The second kappa shape index (κ2) is 6.15. The molecule has 1 aliphatic carbocycles. The lowest BCUT2D eigenvalue weighted by molar-refractivity contribution is -0.134. The normalized spacial score (nSPS) is 29.0. The zero-order valence-electron chi connectivity index (χ0n) is 12.4. The van der Waals surface area contributed by atoms with Gasteiger partial charge in [0.05, 0.1) is 5.92 Å². The summed E-state index contributed by atoms with van der Waals surface area (Å²) in [5, 5.41) is 0. The van der Waals surface area contributed by atoms with Gasteiger partial charge in [-0.2, -0.15) is 0 Å². The van der Waals surface area contributed by atoms with E-state index in [-0.39, 0.29) is 17.7 Å². The Balaban J connectivity index is 1.60. The van der Waals surface area contributed by atoms with Crippen LogP contribution in [0.1, 0.15) is 57.8 Å². The summed E-state index contributed by atoms with van der Waals surface area (Å²) in [6, 6.07) is 0.404. The Morgan fingerprint density at radius 1 is 0.950 bits per heavy atom. The Hall–Kier alpha value is -1.06. The van der Waals surface area contributed by atoms with Crippen molar-refractivity contribution in [2.45, 2.75) is 63.8 Å². The molecule has 2 heterocycles. The molecule has 2 aliphatic heterocycles. The molecule has 3 aliphatic rings. The molecule has 20 heavy (non-hydrogen) atoms.